The third-order valence-electron chi connectivity index (χ3n) is 3.61. The van der Waals surface area contributed by atoms with Gasteiger partial charge in [-0.05, 0) is 19.5 Å². The summed E-state index contributed by atoms with van der Waals surface area (Å²) in [4.78, 5) is 1.71. The summed E-state index contributed by atoms with van der Waals surface area (Å²) in [6, 6.07) is 2.84. The fourth-order valence-corrected chi connectivity index (χ4v) is 4.22. The summed E-state index contributed by atoms with van der Waals surface area (Å²) in [7, 11) is -1.31. The van der Waals surface area contributed by atoms with E-state index in [1.165, 1.54) is 6.07 Å². The fourth-order valence-electron chi connectivity index (χ4n) is 2.41. The largest absolute Gasteiger partial charge is 0.387 e. The maximum atomic E-state index is 13.5. The Morgan fingerprint density at radius 1 is 1.45 bits per heavy atom. The lowest BCUT2D eigenvalue weighted by atomic mass is 10.1. The van der Waals surface area contributed by atoms with Crippen molar-refractivity contribution in [2.24, 2.45) is 0 Å². The van der Waals surface area contributed by atoms with Crippen LogP contribution in [-0.4, -0.2) is 49.6 Å². The molecule has 1 saturated heterocycles. The smallest absolute Gasteiger partial charge is 0.151 e. The van der Waals surface area contributed by atoms with Crippen molar-refractivity contribution >= 4 is 9.84 Å². The maximum absolute atomic E-state index is 13.5. The molecule has 112 valence electrons. The molecule has 20 heavy (non-hydrogen) atoms. The van der Waals surface area contributed by atoms with Gasteiger partial charge < -0.3 is 5.11 Å². The van der Waals surface area contributed by atoms with Crippen LogP contribution in [0.15, 0.2) is 18.2 Å². The van der Waals surface area contributed by atoms with Crippen LogP contribution in [0.25, 0.3) is 0 Å². The van der Waals surface area contributed by atoms with Crippen LogP contribution in [0.4, 0.5) is 8.78 Å². The minimum atomic E-state index is -3.00. The van der Waals surface area contributed by atoms with E-state index >= 15 is 0 Å². The average molecular weight is 305 g/mol. The van der Waals surface area contributed by atoms with Gasteiger partial charge in [0.15, 0.2) is 9.84 Å². The fraction of sp³-hybridized carbons (Fsp3) is 0.538. The van der Waals surface area contributed by atoms with Gasteiger partial charge in [-0.25, -0.2) is 17.2 Å². The normalized spacial score (nSPS) is 23.1. The van der Waals surface area contributed by atoms with Gasteiger partial charge in [-0.15, -0.1) is 0 Å². The quantitative estimate of drug-likeness (QED) is 0.905. The summed E-state index contributed by atoms with van der Waals surface area (Å²) in [5.74, 6) is -1.30. The molecule has 1 aliphatic rings. The number of aliphatic hydroxyl groups is 1. The average Bonchev–Trinajstić information content (AvgIpc) is 2.69. The topological polar surface area (TPSA) is 57.6 Å². The maximum Gasteiger partial charge on any atom is 0.151 e. The number of nitrogens with zero attached hydrogens (tertiary/aromatic N) is 1. The molecule has 0 aliphatic carbocycles. The molecule has 0 bridgehead atoms. The van der Waals surface area contributed by atoms with Crippen LogP contribution in [-0.2, 0) is 9.84 Å². The second kappa shape index (κ2) is 5.75. The van der Waals surface area contributed by atoms with E-state index in [4.69, 9.17) is 0 Å². The first-order valence-electron chi connectivity index (χ1n) is 6.32. The molecule has 0 aromatic heterocycles. The molecule has 2 unspecified atom stereocenters. The van der Waals surface area contributed by atoms with Crippen LogP contribution in [0.2, 0.25) is 0 Å². The van der Waals surface area contributed by atoms with E-state index in [1.54, 1.807) is 11.9 Å². The molecule has 1 aliphatic heterocycles. The molecule has 1 aromatic rings. The Morgan fingerprint density at radius 3 is 2.70 bits per heavy atom. The highest BCUT2D eigenvalue weighted by Gasteiger charge is 2.31. The molecule has 2 atom stereocenters. The van der Waals surface area contributed by atoms with Gasteiger partial charge in [0.25, 0.3) is 0 Å². The molecule has 0 spiro atoms. The summed E-state index contributed by atoms with van der Waals surface area (Å²) in [5.41, 5.74) is 0.0131. The van der Waals surface area contributed by atoms with Crippen LogP contribution in [0.5, 0.6) is 0 Å². The van der Waals surface area contributed by atoms with Gasteiger partial charge >= 0.3 is 0 Å². The Morgan fingerprint density at radius 2 is 2.15 bits per heavy atom. The Labute approximate surface area is 116 Å². The van der Waals surface area contributed by atoms with E-state index in [2.05, 4.69) is 0 Å². The number of hydrogen-bond donors (Lipinski definition) is 1. The predicted molar refractivity (Wildman–Crippen MR) is 71.0 cm³/mol. The molecule has 1 heterocycles. The monoisotopic (exact) mass is 305 g/mol. The Hall–Kier alpha value is -1.05. The first-order valence-corrected chi connectivity index (χ1v) is 8.14. The summed E-state index contributed by atoms with van der Waals surface area (Å²) >= 11 is 0. The van der Waals surface area contributed by atoms with E-state index in [0.29, 0.717) is 6.42 Å². The second-order valence-corrected chi connectivity index (χ2v) is 7.41. The van der Waals surface area contributed by atoms with Crippen molar-refractivity contribution in [3.05, 3.63) is 35.4 Å². The van der Waals surface area contributed by atoms with Crippen LogP contribution in [0.3, 0.4) is 0 Å². The van der Waals surface area contributed by atoms with Crippen molar-refractivity contribution < 1.29 is 22.3 Å². The lowest BCUT2D eigenvalue weighted by molar-refractivity contribution is 0.107. The summed E-state index contributed by atoms with van der Waals surface area (Å²) < 4.78 is 49.1. The molecule has 7 heteroatoms. The molecule has 0 radical (unpaired) electrons. The lowest BCUT2D eigenvalue weighted by Crippen LogP contribution is -2.36. The van der Waals surface area contributed by atoms with E-state index in [9.17, 15) is 22.3 Å². The standard InChI is InChI=1S/C13H17F2NO3S/c1-16(10-4-5-20(18,19)8-10)7-13(17)11-3-2-9(14)6-12(11)15/h2-3,6,10,13,17H,4-5,7-8H2,1H3. The SMILES string of the molecule is CN(CC(O)c1ccc(F)cc1F)C1CCS(=O)(=O)C1. The third-order valence-corrected chi connectivity index (χ3v) is 5.36. The van der Waals surface area contributed by atoms with E-state index in [1.807, 2.05) is 0 Å². The van der Waals surface area contributed by atoms with Crippen molar-refractivity contribution in [1.29, 1.82) is 0 Å². The first-order chi connectivity index (χ1) is 9.28. The summed E-state index contributed by atoms with van der Waals surface area (Å²) in [6.07, 6.45) is -0.610. The molecular weight excluding hydrogens is 288 g/mol. The van der Waals surface area contributed by atoms with Gasteiger partial charge in [0.05, 0.1) is 17.6 Å². The number of aliphatic hydroxyl groups excluding tert-OH is 1. The van der Waals surface area contributed by atoms with Crippen LogP contribution in [0, 0.1) is 11.6 Å². The number of rotatable bonds is 4. The van der Waals surface area contributed by atoms with Crippen LogP contribution < -0.4 is 0 Å². The van der Waals surface area contributed by atoms with Gasteiger partial charge in [-0.2, -0.15) is 0 Å². The third kappa shape index (κ3) is 3.53. The van der Waals surface area contributed by atoms with Crippen LogP contribution in [0.1, 0.15) is 18.1 Å². The van der Waals surface area contributed by atoms with Gasteiger partial charge in [0.2, 0.25) is 0 Å². The van der Waals surface area contributed by atoms with E-state index in [0.717, 1.165) is 12.1 Å². The van der Waals surface area contributed by atoms with Gasteiger partial charge in [-0.3, -0.25) is 4.90 Å². The molecular formula is C13H17F2NO3S. The van der Waals surface area contributed by atoms with Crippen molar-refractivity contribution in [3.8, 4) is 0 Å². The molecule has 0 amide bonds. The summed E-state index contributed by atoms with van der Waals surface area (Å²) in [6.45, 7) is 0.0999. The first kappa shape index (κ1) is 15.3. The zero-order valence-electron chi connectivity index (χ0n) is 11.1. The number of sulfone groups is 1. The second-order valence-electron chi connectivity index (χ2n) is 5.18. The van der Waals surface area contributed by atoms with Gasteiger partial charge in [-0.1, -0.05) is 6.07 Å². The Kier molecular flexibility index (Phi) is 4.41. The number of hydrogen-bond acceptors (Lipinski definition) is 4. The molecule has 4 nitrogen and oxygen atoms in total. The number of halogens is 2. The highest BCUT2D eigenvalue weighted by Crippen LogP contribution is 2.22. The van der Waals surface area contributed by atoms with Crippen molar-refractivity contribution in [3.63, 3.8) is 0 Å². The molecule has 1 N–H and O–H groups in total. The van der Waals surface area contributed by atoms with Crippen molar-refractivity contribution in [2.45, 2.75) is 18.6 Å². The molecule has 2 rings (SSSR count). The van der Waals surface area contributed by atoms with Crippen molar-refractivity contribution in [1.82, 2.24) is 4.90 Å². The lowest BCUT2D eigenvalue weighted by Gasteiger charge is -2.26. The predicted octanol–water partition coefficient (Wildman–Crippen LogP) is 1.12. The van der Waals surface area contributed by atoms with Crippen molar-refractivity contribution in [2.75, 3.05) is 25.1 Å². The minimum Gasteiger partial charge on any atom is -0.387 e. The highest BCUT2D eigenvalue weighted by atomic mass is 32.2. The number of benzene rings is 1. The Balaban J connectivity index is 2.02. The minimum absolute atomic E-state index is 0.0131. The number of likely N-dealkylation sites (N-methyl/N-ethyl adjacent to an activating group) is 1. The summed E-state index contributed by atoms with van der Waals surface area (Å²) in [5, 5.41) is 10.00. The zero-order valence-corrected chi connectivity index (χ0v) is 11.9. The van der Waals surface area contributed by atoms with Gasteiger partial charge in [0.1, 0.15) is 11.6 Å². The van der Waals surface area contributed by atoms with Gasteiger partial charge in [0, 0.05) is 24.2 Å². The Bertz CT molecular complexity index is 591. The molecule has 1 fully saturated rings. The van der Waals surface area contributed by atoms with E-state index in [-0.39, 0.29) is 29.7 Å². The molecule has 0 saturated carbocycles. The zero-order chi connectivity index (χ0) is 14.9. The highest BCUT2D eigenvalue weighted by molar-refractivity contribution is 7.91. The van der Waals surface area contributed by atoms with Crippen LogP contribution >= 0.6 is 0 Å². The van der Waals surface area contributed by atoms with E-state index < -0.39 is 27.6 Å². The molecule has 1 aromatic carbocycles.